The third kappa shape index (κ3) is 3.71. The summed E-state index contributed by atoms with van der Waals surface area (Å²) in [6.45, 7) is 0.590. The molecule has 2 aromatic rings. The Bertz CT molecular complexity index is 957. The van der Waals surface area contributed by atoms with Crippen molar-refractivity contribution in [1.82, 2.24) is 4.57 Å². The number of benzene rings is 1. The van der Waals surface area contributed by atoms with E-state index in [1.807, 2.05) is 0 Å². The van der Waals surface area contributed by atoms with E-state index in [2.05, 4.69) is 9.39 Å². The fourth-order valence-electron chi connectivity index (χ4n) is 2.37. The van der Waals surface area contributed by atoms with E-state index in [0.29, 0.717) is 6.92 Å². The van der Waals surface area contributed by atoms with Gasteiger partial charge in [-0.15, -0.1) is 0 Å². The summed E-state index contributed by atoms with van der Waals surface area (Å²) in [5, 5.41) is -0.884. The predicted octanol–water partition coefficient (Wildman–Crippen LogP) is 3.49. The lowest BCUT2D eigenvalue weighted by Gasteiger charge is -2.23. The number of halogens is 7. The maximum Gasteiger partial charge on any atom is 0.798 e. The number of aromatic nitrogens is 1. The van der Waals surface area contributed by atoms with Gasteiger partial charge in [0.15, 0.2) is 11.6 Å². The number of hydrogen-bond acceptors (Lipinski definition) is 4. The van der Waals surface area contributed by atoms with Crippen LogP contribution in [0, 0.1) is 11.6 Å². The lowest BCUT2D eigenvalue weighted by molar-refractivity contribution is -0.162. The summed E-state index contributed by atoms with van der Waals surface area (Å²) in [7, 11) is -2.83. The molecular weight excluding hydrogens is 390 g/mol. The molecule has 5 nitrogen and oxygen atoms in total. The van der Waals surface area contributed by atoms with E-state index in [-0.39, 0.29) is 16.8 Å². The van der Waals surface area contributed by atoms with Crippen molar-refractivity contribution in [2.75, 3.05) is 7.11 Å². The molecule has 0 aliphatic rings. The molecule has 0 bridgehead atoms. The largest absolute Gasteiger partial charge is 0.798 e. The quantitative estimate of drug-likeness (QED) is 0.584. The second kappa shape index (κ2) is 7.12. The highest BCUT2D eigenvalue weighted by molar-refractivity contribution is 6.38. The third-order valence-electron chi connectivity index (χ3n) is 3.68. The van der Waals surface area contributed by atoms with Gasteiger partial charge in [-0.3, -0.25) is 4.79 Å². The van der Waals surface area contributed by atoms with Gasteiger partial charge in [-0.2, -0.15) is 17.6 Å². The molecule has 13 heteroatoms. The molecule has 146 valence electrons. The molecule has 0 saturated heterocycles. The summed E-state index contributed by atoms with van der Waals surface area (Å²) >= 11 is 0. The molecule has 0 aliphatic heterocycles. The number of pyridine rings is 1. The predicted molar refractivity (Wildman–Crippen MR) is 78.8 cm³/mol. The molecule has 0 radical (unpaired) electrons. The van der Waals surface area contributed by atoms with Crippen LogP contribution in [0.1, 0.15) is 23.3 Å². The Balaban J connectivity index is 2.99. The van der Waals surface area contributed by atoms with Crippen LogP contribution < -0.4 is 10.2 Å². The Kier molecular flexibility index (Phi) is 5.43. The summed E-state index contributed by atoms with van der Waals surface area (Å²) in [5.74, 6) is -6.27. The minimum atomic E-state index is -4.96. The standard InChI is InChI=1S/C14H9BF7NO4/c1-5(14(18,19)20)23-4-7(13(25)27-15(21)22)11(24)6-3-8(16)9(17)12(26-2)10(6)23/h3-5H,1-2H3. The van der Waals surface area contributed by atoms with E-state index in [9.17, 15) is 40.2 Å². The first-order chi connectivity index (χ1) is 12.4. The number of fused-ring (bicyclic) bond motifs is 1. The molecule has 1 aromatic heterocycles. The lowest BCUT2D eigenvalue weighted by Crippen LogP contribution is -2.29. The van der Waals surface area contributed by atoms with E-state index >= 15 is 0 Å². The molecule has 1 heterocycles. The number of rotatable bonds is 4. The first-order valence-corrected chi connectivity index (χ1v) is 7.06. The number of carbonyl (C=O) groups excluding carboxylic acids is 1. The van der Waals surface area contributed by atoms with Crippen molar-refractivity contribution in [2.24, 2.45) is 0 Å². The molecule has 0 N–H and O–H groups in total. The van der Waals surface area contributed by atoms with Crippen molar-refractivity contribution in [2.45, 2.75) is 19.1 Å². The van der Waals surface area contributed by atoms with Crippen molar-refractivity contribution in [3.8, 4) is 5.75 Å². The smallest absolute Gasteiger partial charge is 0.491 e. The fourth-order valence-corrected chi connectivity index (χ4v) is 2.37. The average Bonchev–Trinajstić information content (AvgIpc) is 2.55. The van der Waals surface area contributed by atoms with Crippen molar-refractivity contribution < 1.29 is 44.8 Å². The van der Waals surface area contributed by atoms with Gasteiger partial charge in [0, 0.05) is 6.20 Å². The zero-order valence-corrected chi connectivity index (χ0v) is 13.5. The molecule has 27 heavy (non-hydrogen) atoms. The Morgan fingerprint density at radius 1 is 1.26 bits per heavy atom. The third-order valence-corrected chi connectivity index (χ3v) is 3.68. The zero-order valence-electron chi connectivity index (χ0n) is 13.5. The van der Waals surface area contributed by atoms with Gasteiger partial charge in [0.25, 0.3) is 0 Å². The van der Waals surface area contributed by atoms with Gasteiger partial charge >= 0.3 is 19.6 Å². The van der Waals surface area contributed by atoms with Crippen LogP contribution in [-0.4, -0.2) is 31.3 Å². The van der Waals surface area contributed by atoms with Crippen molar-refractivity contribution >= 4 is 24.3 Å². The average molecular weight is 399 g/mol. The first-order valence-electron chi connectivity index (χ1n) is 7.06. The summed E-state index contributed by atoms with van der Waals surface area (Å²) < 4.78 is 100. The van der Waals surface area contributed by atoms with Crippen molar-refractivity contribution in [3.05, 3.63) is 39.7 Å². The normalized spacial score (nSPS) is 12.8. The molecule has 0 fully saturated rings. The van der Waals surface area contributed by atoms with E-state index in [0.717, 1.165) is 7.11 Å². The maximum atomic E-state index is 13.9. The minimum Gasteiger partial charge on any atom is -0.491 e. The Morgan fingerprint density at radius 3 is 2.33 bits per heavy atom. The molecule has 0 spiro atoms. The zero-order chi connectivity index (χ0) is 20.7. The Labute approximate surface area is 146 Å². The van der Waals surface area contributed by atoms with Crippen LogP contribution in [0.5, 0.6) is 5.75 Å². The van der Waals surface area contributed by atoms with Gasteiger partial charge in [0.1, 0.15) is 11.6 Å². The van der Waals surface area contributed by atoms with Crippen LogP contribution in [0.3, 0.4) is 0 Å². The van der Waals surface area contributed by atoms with Crippen LogP contribution in [0.4, 0.5) is 30.6 Å². The summed E-state index contributed by atoms with van der Waals surface area (Å²) in [6.07, 6.45) is -4.67. The van der Waals surface area contributed by atoms with Crippen LogP contribution in [-0.2, 0) is 4.65 Å². The van der Waals surface area contributed by atoms with Gasteiger partial charge < -0.3 is 14.0 Å². The number of ether oxygens (including phenoxy) is 1. The summed E-state index contributed by atoms with van der Waals surface area (Å²) in [5.41, 5.74) is -3.45. The van der Waals surface area contributed by atoms with Crippen LogP contribution in [0.2, 0.25) is 0 Å². The number of carbonyl (C=O) groups is 1. The molecule has 0 saturated carbocycles. The van der Waals surface area contributed by atoms with E-state index in [1.54, 1.807) is 0 Å². The second-order valence-electron chi connectivity index (χ2n) is 5.26. The molecule has 1 aromatic carbocycles. The summed E-state index contributed by atoms with van der Waals surface area (Å²) in [6, 6.07) is -2.22. The van der Waals surface area contributed by atoms with E-state index < -0.39 is 64.9 Å². The first kappa shape index (κ1) is 20.6. The number of nitrogens with zero attached hydrogens (tertiary/aromatic N) is 1. The number of alkyl halides is 3. The van der Waals surface area contributed by atoms with Crippen molar-refractivity contribution in [3.63, 3.8) is 0 Å². The monoisotopic (exact) mass is 399 g/mol. The van der Waals surface area contributed by atoms with Gasteiger partial charge in [0.2, 0.25) is 11.2 Å². The van der Waals surface area contributed by atoms with Gasteiger partial charge in [-0.25, -0.2) is 17.8 Å². The topological polar surface area (TPSA) is 57.5 Å². The van der Waals surface area contributed by atoms with Gasteiger partial charge in [0.05, 0.1) is 18.0 Å². The molecule has 2 rings (SSSR count). The maximum absolute atomic E-state index is 13.9. The fraction of sp³-hybridized carbons (Fsp3) is 0.286. The molecule has 1 atom stereocenters. The highest BCUT2D eigenvalue weighted by Gasteiger charge is 2.39. The second-order valence-corrected chi connectivity index (χ2v) is 5.26. The highest BCUT2D eigenvalue weighted by Crippen LogP contribution is 2.36. The van der Waals surface area contributed by atoms with Crippen LogP contribution in [0.15, 0.2) is 17.1 Å². The molecule has 0 aliphatic carbocycles. The van der Waals surface area contributed by atoms with Crippen molar-refractivity contribution in [1.29, 1.82) is 0 Å². The SMILES string of the molecule is COc1c(F)c(F)cc2c(=O)c(C(=O)OB(F)F)cn(C(C)C(F)(F)F)c12. The van der Waals surface area contributed by atoms with Crippen LogP contribution in [0.25, 0.3) is 10.9 Å². The molecule has 0 amide bonds. The Morgan fingerprint density at radius 2 is 1.85 bits per heavy atom. The summed E-state index contributed by atoms with van der Waals surface area (Å²) in [4.78, 5) is 24.0. The highest BCUT2D eigenvalue weighted by atomic mass is 19.4. The van der Waals surface area contributed by atoms with Gasteiger partial charge in [-0.05, 0) is 13.0 Å². The lowest BCUT2D eigenvalue weighted by atomic mass is 10.1. The van der Waals surface area contributed by atoms with Gasteiger partial charge in [-0.1, -0.05) is 0 Å². The minimum absolute atomic E-state index is 0.208. The van der Waals surface area contributed by atoms with E-state index in [4.69, 9.17) is 0 Å². The van der Waals surface area contributed by atoms with Crippen LogP contribution >= 0.6 is 0 Å². The van der Waals surface area contributed by atoms with E-state index in [1.165, 1.54) is 0 Å². The molecular formula is C14H9BF7NO4. The number of hydrogen-bond donors (Lipinski definition) is 0. The molecule has 1 unspecified atom stereocenters. The number of methoxy groups -OCH3 is 1. The Hall–Kier alpha value is -2.73.